The molecule has 0 aromatic heterocycles. The van der Waals surface area contributed by atoms with Gasteiger partial charge in [0, 0.05) is 19.9 Å². The summed E-state index contributed by atoms with van der Waals surface area (Å²) < 4.78 is 28.1. The van der Waals surface area contributed by atoms with E-state index in [4.69, 9.17) is 14.0 Å². The second-order valence-corrected chi connectivity index (χ2v) is 5.79. The molecule has 1 atom stereocenters. The Kier molecular flexibility index (Phi) is 5.91. The second-order valence-electron chi connectivity index (χ2n) is 3.03. The Bertz CT molecular complexity index is 199. The van der Waals surface area contributed by atoms with Crippen molar-refractivity contribution in [1.29, 1.82) is 0 Å². The minimum atomic E-state index is -2.89. The summed E-state index contributed by atoms with van der Waals surface area (Å²) in [5, 5.41) is 0. The van der Waals surface area contributed by atoms with E-state index in [1.165, 1.54) is 0 Å². The summed E-state index contributed by atoms with van der Waals surface area (Å²) in [7, 11) is -2.89. The van der Waals surface area contributed by atoms with Crippen LogP contribution in [-0.2, 0) is 18.6 Å². The molecule has 0 radical (unpaired) electrons. The standard InChI is InChI=1S/C9H21O4P/c1-6-11-9(4,12-7-2)14(5,10)13-8-3/h6-8H2,1-5H3. The van der Waals surface area contributed by atoms with Gasteiger partial charge in [-0.3, -0.25) is 4.57 Å². The summed E-state index contributed by atoms with van der Waals surface area (Å²) in [5.41, 5.74) is -1.12. The molecule has 0 aliphatic carbocycles. The molecule has 0 aromatic rings. The van der Waals surface area contributed by atoms with Gasteiger partial charge in [0.25, 0.3) is 7.37 Å². The molecule has 1 unspecified atom stereocenters. The normalized spacial score (nSPS) is 16.6. The molecular weight excluding hydrogens is 203 g/mol. The molecule has 4 nitrogen and oxygen atoms in total. The molecule has 0 aliphatic rings. The summed E-state index contributed by atoms with van der Waals surface area (Å²) in [6, 6.07) is 0. The second kappa shape index (κ2) is 5.86. The van der Waals surface area contributed by atoms with Crippen molar-refractivity contribution < 1.29 is 18.6 Å². The maximum atomic E-state index is 12.1. The number of hydrogen-bond donors (Lipinski definition) is 0. The summed E-state index contributed by atoms with van der Waals surface area (Å²) in [5.74, 6) is 0. The fraction of sp³-hybridized carbons (Fsp3) is 1.00. The molecule has 0 aromatic carbocycles. The molecule has 0 bridgehead atoms. The van der Waals surface area contributed by atoms with Crippen molar-refractivity contribution in [2.45, 2.75) is 33.2 Å². The van der Waals surface area contributed by atoms with Gasteiger partial charge in [-0.05, 0) is 27.7 Å². The molecule has 0 amide bonds. The molecule has 86 valence electrons. The molecule has 0 fully saturated rings. The van der Waals surface area contributed by atoms with E-state index in [9.17, 15) is 4.57 Å². The van der Waals surface area contributed by atoms with Crippen LogP contribution in [0.4, 0.5) is 0 Å². The minimum Gasteiger partial charge on any atom is -0.342 e. The quantitative estimate of drug-likeness (QED) is 0.492. The lowest BCUT2D eigenvalue weighted by molar-refractivity contribution is -0.167. The van der Waals surface area contributed by atoms with Gasteiger partial charge < -0.3 is 14.0 Å². The highest BCUT2D eigenvalue weighted by Crippen LogP contribution is 2.56. The zero-order chi connectivity index (χ0) is 11.2. The van der Waals surface area contributed by atoms with E-state index < -0.39 is 12.9 Å². The third-order valence-electron chi connectivity index (χ3n) is 1.94. The highest BCUT2D eigenvalue weighted by molar-refractivity contribution is 7.59. The third kappa shape index (κ3) is 3.35. The van der Waals surface area contributed by atoms with E-state index in [0.29, 0.717) is 19.8 Å². The summed E-state index contributed by atoms with van der Waals surface area (Å²) in [6.45, 7) is 9.96. The SMILES string of the molecule is CCOC(C)(OCC)P(C)(=O)OCC. The lowest BCUT2D eigenvalue weighted by Gasteiger charge is -2.33. The molecule has 0 spiro atoms. The minimum absolute atomic E-state index is 0.392. The summed E-state index contributed by atoms with van der Waals surface area (Å²) >= 11 is 0. The average Bonchev–Trinajstić information content (AvgIpc) is 2.04. The van der Waals surface area contributed by atoms with Gasteiger partial charge in [0.15, 0.2) is 0 Å². The van der Waals surface area contributed by atoms with Gasteiger partial charge in [0.1, 0.15) is 0 Å². The lowest BCUT2D eigenvalue weighted by Crippen LogP contribution is -2.33. The molecule has 14 heavy (non-hydrogen) atoms. The number of hydrogen-bond acceptors (Lipinski definition) is 4. The fourth-order valence-corrected chi connectivity index (χ4v) is 2.63. The van der Waals surface area contributed by atoms with Crippen LogP contribution in [0.1, 0.15) is 27.7 Å². The molecule has 0 aliphatic heterocycles. The largest absolute Gasteiger partial charge is 0.342 e. The zero-order valence-electron chi connectivity index (χ0n) is 9.70. The first-order valence-electron chi connectivity index (χ1n) is 4.93. The van der Waals surface area contributed by atoms with Crippen LogP contribution in [0, 0.1) is 0 Å². The van der Waals surface area contributed by atoms with Gasteiger partial charge in [-0.2, -0.15) is 0 Å². The Balaban J connectivity index is 4.69. The lowest BCUT2D eigenvalue weighted by atomic mass is 10.7. The Morgan fingerprint density at radius 3 is 1.79 bits per heavy atom. The van der Waals surface area contributed by atoms with Crippen molar-refractivity contribution in [3.8, 4) is 0 Å². The van der Waals surface area contributed by atoms with E-state index in [-0.39, 0.29) is 0 Å². The monoisotopic (exact) mass is 224 g/mol. The summed E-state index contributed by atoms with van der Waals surface area (Å²) in [4.78, 5) is 0. The maximum Gasteiger partial charge on any atom is 0.257 e. The van der Waals surface area contributed by atoms with Crippen molar-refractivity contribution >= 4 is 7.37 Å². The first-order chi connectivity index (χ1) is 6.43. The summed E-state index contributed by atoms with van der Waals surface area (Å²) in [6.07, 6.45) is 0. The van der Waals surface area contributed by atoms with Crippen molar-refractivity contribution in [3.05, 3.63) is 0 Å². The topological polar surface area (TPSA) is 44.8 Å². The maximum absolute atomic E-state index is 12.1. The van der Waals surface area contributed by atoms with Crippen molar-refractivity contribution in [3.63, 3.8) is 0 Å². The highest BCUT2D eigenvalue weighted by Gasteiger charge is 2.43. The highest BCUT2D eigenvalue weighted by atomic mass is 31.2. The molecule has 0 heterocycles. The van der Waals surface area contributed by atoms with Gasteiger partial charge >= 0.3 is 0 Å². The molecule has 0 N–H and O–H groups in total. The van der Waals surface area contributed by atoms with Gasteiger partial charge in [-0.15, -0.1) is 0 Å². The zero-order valence-corrected chi connectivity index (χ0v) is 10.6. The Morgan fingerprint density at radius 1 is 1.07 bits per heavy atom. The van der Waals surface area contributed by atoms with Crippen LogP contribution >= 0.6 is 7.37 Å². The van der Waals surface area contributed by atoms with Crippen molar-refractivity contribution in [2.75, 3.05) is 26.5 Å². The molecule has 0 saturated heterocycles. The average molecular weight is 224 g/mol. The van der Waals surface area contributed by atoms with Crippen LogP contribution in [-0.4, -0.2) is 32.0 Å². The van der Waals surface area contributed by atoms with Gasteiger partial charge in [0.05, 0.1) is 6.61 Å². The van der Waals surface area contributed by atoms with Crippen LogP contribution in [0.15, 0.2) is 0 Å². The van der Waals surface area contributed by atoms with E-state index in [0.717, 1.165) is 0 Å². The van der Waals surface area contributed by atoms with E-state index in [2.05, 4.69) is 0 Å². The van der Waals surface area contributed by atoms with Crippen LogP contribution in [0.2, 0.25) is 0 Å². The van der Waals surface area contributed by atoms with E-state index in [1.54, 1.807) is 20.5 Å². The van der Waals surface area contributed by atoms with Crippen LogP contribution in [0.5, 0.6) is 0 Å². The smallest absolute Gasteiger partial charge is 0.257 e. The van der Waals surface area contributed by atoms with Crippen molar-refractivity contribution in [1.82, 2.24) is 0 Å². The van der Waals surface area contributed by atoms with Crippen LogP contribution in [0.3, 0.4) is 0 Å². The van der Waals surface area contributed by atoms with Crippen LogP contribution in [0.25, 0.3) is 0 Å². The first kappa shape index (κ1) is 14.1. The van der Waals surface area contributed by atoms with Crippen LogP contribution < -0.4 is 0 Å². The first-order valence-corrected chi connectivity index (χ1v) is 7.00. The van der Waals surface area contributed by atoms with E-state index in [1.807, 2.05) is 13.8 Å². The Labute approximate surface area is 86.4 Å². The van der Waals surface area contributed by atoms with Gasteiger partial charge in [-0.25, -0.2) is 0 Å². The van der Waals surface area contributed by atoms with Gasteiger partial charge in [0.2, 0.25) is 5.53 Å². The predicted octanol–water partition coefficient (Wildman–Crippen LogP) is 2.68. The number of rotatable bonds is 7. The molecule has 5 heteroatoms. The fourth-order valence-electron chi connectivity index (χ4n) is 1.18. The Hall–Kier alpha value is 0.110. The van der Waals surface area contributed by atoms with Crippen molar-refractivity contribution in [2.24, 2.45) is 0 Å². The molecule has 0 rings (SSSR count). The Morgan fingerprint density at radius 2 is 1.50 bits per heavy atom. The van der Waals surface area contributed by atoms with E-state index >= 15 is 0 Å². The third-order valence-corrected chi connectivity index (χ3v) is 4.42. The number of ether oxygens (including phenoxy) is 2. The van der Waals surface area contributed by atoms with Gasteiger partial charge in [-0.1, -0.05) is 0 Å². The molecule has 0 saturated carbocycles. The predicted molar refractivity (Wildman–Crippen MR) is 56.8 cm³/mol. The molecular formula is C9H21O4P.